The van der Waals surface area contributed by atoms with E-state index < -0.39 is 22.0 Å². The number of hydrogen-bond acceptors (Lipinski definition) is 9. The molecule has 0 aliphatic heterocycles. The summed E-state index contributed by atoms with van der Waals surface area (Å²) in [6.45, 7) is 1.44. The summed E-state index contributed by atoms with van der Waals surface area (Å²) in [6, 6.07) is 11.4. The van der Waals surface area contributed by atoms with Crippen LogP contribution in [-0.4, -0.2) is 53.1 Å². The van der Waals surface area contributed by atoms with Crippen LogP contribution in [0.3, 0.4) is 0 Å². The van der Waals surface area contributed by atoms with Gasteiger partial charge in [0.1, 0.15) is 13.2 Å². The predicted molar refractivity (Wildman–Crippen MR) is 129 cm³/mol. The Kier molecular flexibility index (Phi) is 11.6. The van der Waals surface area contributed by atoms with Gasteiger partial charge in [-0.1, -0.05) is 0 Å². The van der Waals surface area contributed by atoms with Gasteiger partial charge in [-0.2, -0.15) is 0 Å². The maximum atomic E-state index is 12.5. The minimum Gasteiger partial charge on any atom is -0.445 e. The van der Waals surface area contributed by atoms with Gasteiger partial charge in [0.2, 0.25) is 0 Å². The Morgan fingerprint density at radius 2 is 1.31 bits per heavy atom. The van der Waals surface area contributed by atoms with Crippen molar-refractivity contribution in [3.05, 3.63) is 79.9 Å². The third-order valence-electron chi connectivity index (χ3n) is 5.04. The standard InChI is InChI=1S/C23H29N5O8/c24-12-1-2-14-26(23(30)36-17-19-6-10-21(11-7-19)28(33)34)15-3-13-25-22(29)35-16-18-4-8-20(9-5-18)27(31)32/h4-11H,1-3,12-17,24H2,(H,25,29). The molecule has 13 nitrogen and oxygen atoms in total. The fraction of sp³-hybridized carbons (Fsp3) is 0.391. The summed E-state index contributed by atoms with van der Waals surface area (Å²) in [4.78, 5) is 46.4. The fourth-order valence-corrected chi connectivity index (χ4v) is 3.07. The number of alkyl carbamates (subject to hydrolysis) is 1. The normalized spacial score (nSPS) is 10.4. The second kappa shape index (κ2) is 14.9. The molecule has 194 valence electrons. The van der Waals surface area contributed by atoms with Crippen molar-refractivity contribution in [1.82, 2.24) is 10.2 Å². The first-order valence-electron chi connectivity index (χ1n) is 11.3. The zero-order chi connectivity index (χ0) is 26.3. The summed E-state index contributed by atoms with van der Waals surface area (Å²) < 4.78 is 10.4. The van der Waals surface area contributed by atoms with E-state index in [0.717, 1.165) is 6.42 Å². The van der Waals surface area contributed by atoms with Gasteiger partial charge in [-0.25, -0.2) is 9.59 Å². The smallest absolute Gasteiger partial charge is 0.410 e. The number of hydrogen-bond donors (Lipinski definition) is 2. The number of nitrogens with one attached hydrogen (secondary N) is 1. The third kappa shape index (κ3) is 9.93. The Morgan fingerprint density at radius 3 is 1.81 bits per heavy atom. The second-order valence-electron chi connectivity index (χ2n) is 7.74. The first kappa shape index (κ1) is 28.0. The van der Waals surface area contributed by atoms with Crippen LogP contribution in [0.15, 0.2) is 48.5 Å². The van der Waals surface area contributed by atoms with Gasteiger partial charge in [0.15, 0.2) is 0 Å². The molecule has 0 heterocycles. The van der Waals surface area contributed by atoms with Crippen molar-refractivity contribution >= 4 is 23.6 Å². The van der Waals surface area contributed by atoms with Gasteiger partial charge in [-0.3, -0.25) is 20.2 Å². The summed E-state index contributed by atoms with van der Waals surface area (Å²) in [6.07, 6.45) is 0.685. The quantitative estimate of drug-likeness (QED) is 0.221. The van der Waals surface area contributed by atoms with Gasteiger partial charge in [-0.05, 0) is 61.2 Å². The molecule has 0 saturated heterocycles. The number of non-ortho nitro benzene ring substituents is 2. The highest BCUT2D eigenvalue weighted by atomic mass is 16.6. The van der Waals surface area contributed by atoms with Crippen molar-refractivity contribution in [2.75, 3.05) is 26.2 Å². The van der Waals surface area contributed by atoms with Crippen molar-refractivity contribution in [2.24, 2.45) is 5.73 Å². The molecule has 0 saturated carbocycles. The van der Waals surface area contributed by atoms with E-state index in [0.29, 0.717) is 43.6 Å². The lowest BCUT2D eigenvalue weighted by Crippen LogP contribution is -2.35. The molecule has 0 fully saturated rings. The van der Waals surface area contributed by atoms with Gasteiger partial charge in [0, 0.05) is 43.9 Å². The highest BCUT2D eigenvalue weighted by molar-refractivity contribution is 5.68. The molecule has 36 heavy (non-hydrogen) atoms. The van der Waals surface area contributed by atoms with Crippen molar-refractivity contribution in [3.8, 4) is 0 Å². The number of amides is 2. The molecule has 2 aromatic carbocycles. The van der Waals surface area contributed by atoms with Crippen LogP contribution in [0.2, 0.25) is 0 Å². The van der Waals surface area contributed by atoms with Crippen LogP contribution in [0.25, 0.3) is 0 Å². The first-order valence-corrected chi connectivity index (χ1v) is 11.3. The molecule has 0 spiro atoms. The molecule has 0 unspecified atom stereocenters. The molecule has 13 heteroatoms. The molecular formula is C23H29N5O8. The Labute approximate surface area is 207 Å². The van der Waals surface area contributed by atoms with Crippen LogP contribution >= 0.6 is 0 Å². The Balaban J connectivity index is 1.74. The highest BCUT2D eigenvalue weighted by Crippen LogP contribution is 2.14. The van der Waals surface area contributed by atoms with Crippen molar-refractivity contribution in [1.29, 1.82) is 0 Å². The molecule has 2 amide bonds. The summed E-state index contributed by atoms with van der Waals surface area (Å²) in [5.74, 6) is 0. The number of ether oxygens (including phenoxy) is 2. The largest absolute Gasteiger partial charge is 0.445 e. The Bertz CT molecular complexity index is 1010. The SMILES string of the molecule is NCCCCN(CCCNC(=O)OCc1ccc([N+](=O)[O-])cc1)C(=O)OCc1ccc([N+](=O)[O-])cc1. The molecule has 0 atom stereocenters. The average Bonchev–Trinajstić information content (AvgIpc) is 2.87. The third-order valence-corrected chi connectivity index (χ3v) is 5.04. The number of carbonyl (C=O) groups excluding carboxylic acids is 2. The topological polar surface area (TPSA) is 180 Å². The lowest BCUT2D eigenvalue weighted by molar-refractivity contribution is -0.385. The number of benzene rings is 2. The molecule has 0 bridgehead atoms. The van der Waals surface area contributed by atoms with E-state index in [1.807, 2.05) is 0 Å². The van der Waals surface area contributed by atoms with Crippen LogP contribution < -0.4 is 11.1 Å². The minimum absolute atomic E-state index is 0.0303. The molecule has 0 aromatic heterocycles. The van der Waals surface area contributed by atoms with Crippen LogP contribution in [0.1, 0.15) is 30.4 Å². The zero-order valence-electron chi connectivity index (χ0n) is 19.7. The predicted octanol–water partition coefficient (Wildman–Crippen LogP) is 3.50. The minimum atomic E-state index is -0.649. The van der Waals surface area contributed by atoms with Gasteiger partial charge in [0.25, 0.3) is 11.4 Å². The number of nitro groups is 2. The average molecular weight is 504 g/mol. The molecule has 2 rings (SSSR count). The van der Waals surface area contributed by atoms with E-state index in [2.05, 4.69) is 5.32 Å². The van der Waals surface area contributed by atoms with Crippen molar-refractivity contribution < 1.29 is 28.9 Å². The summed E-state index contributed by atoms with van der Waals surface area (Å²) >= 11 is 0. The Morgan fingerprint density at radius 1 is 0.806 bits per heavy atom. The lowest BCUT2D eigenvalue weighted by Gasteiger charge is -2.22. The van der Waals surface area contributed by atoms with Crippen LogP contribution in [-0.2, 0) is 22.7 Å². The molecule has 0 aliphatic carbocycles. The summed E-state index contributed by atoms with van der Waals surface area (Å²) in [5.41, 5.74) is 6.66. The van der Waals surface area contributed by atoms with Crippen LogP contribution in [0, 0.1) is 20.2 Å². The van der Waals surface area contributed by atoms with Crippen molar-refractivity contribution in [3.63, 3.8) is 0 Å². The lowest BCUT2D eigenvalue weighted by atomic mass is 10.2. The zero-order valence-corrected chi connectivity index (χ0v) is 19.7. The molecule has 0 radical (unpaired) electrons. The Hall–Kier alpha value is -4.26. The number of unbranched alkanes of at least 4 members (excludes halogenated alkanes) is 1. The van der Waals surface area contributed by atoms with Gasteiger partial charge in [-0.15, -0.1) is 0 Å². The molecular weight excluding hydrogens is 474 g/mol. The first-order chi connectivity index (χ1) is 17.3. The van der Waals surface area contributed by atoms with Gasteiger partial charge < -0.3 is 25.4 Å². The monoisotopic (exact) mass is 503 g/mol. The summed E-state index contributed by atoms with van der Waals surface area (Å²) in [7, 11) is 0. The van der Waals surface area contributed by atoms with Crippen molar-refractivity contribution in [2.45, 2.75) is 32.5 Å². The number of rotatable bonds is 14. The molecule has 0 aliphatic rings. The van der Waals surface area contributed by atoms with E-state index >= 15 is 0 Å². The van der Waals surface area contributed by atoms with E-state index in [1.54, 1.807) is 0 Å². The fourth-order valence-electron chi connectivity index (χ4n) is 3.07. The second-order valence-corrected chi connectivity index (χ2v) is 7.74. The van der Waals surface area contributed by atoms with Gasteiger partial charge in [0.05, 0.1) is 9.85 Å². The molecule has 3 N–H and O–H groups in total. The summed E-state index contributed by atoms with van der Waals surface area (Å²) in [5, 5.41) is 24.0. The number of carbonyl (C=O) groups is 2. The van der Waals surface area contributed by atoms with E-state index in [1.165, 1.54) is 53.4 Å². The van der Waals surface area contributed by atoms with Gasteiger partial charge >= 0.3 is 12.2 Å². The van der Waals surface area contributed by atoms with E-state index in [4.69, 9.17) is 15.2 Å². The number of nitro benzene ring substituents is 2. The number of nitrogens with zero attached hydrogens (tertiary/aromatic N) is 3. The maximum absolute atomic E-state index is 12.5. The molecule has 2 aromatic rings. The highest BCUT2D eigenvalue weighted by Gasteiger charge is 2.15. The van der Waals surface area contributed by atoms with E-state index in [-0.39, 0.29) is 31.1 Å². The number of nitrogens with two attached hydrogens (primary N) is 1. The maximum Gasteiger partial charge on any atom is 0.410 e. The van der Waals surface area contributed by atoms with Crippen LogP contribution in [0.5, 0.6) is 0 Å². The van der Waals surface area contributed by atoms with Crippen LogP contribution in [0.4, 0.5) is 21.0 Å². The van der Waals surface area contributed by atoms with E-state index in [9.17, 15) is 29.8 Å².